The second-order valence-electron chi connectivity index (χ2n) is 4.60. The summed E-state index contributed by atoms with van der Waals surface area (Å²) >= 11 is 1.75. The Hall–Kier alpha value is -1.24. The van der Waals surface area contributed by atoms with Gasteiger partial charge in [-0.1, -0.05) is 11.8 Å². The lowest BCUT2D eigenvalue weighted by Gasteiger charge is -2.02. The number of hydrogen-bond acceptors (Lipinski definition) is 5. The van der Waals surface area contributed by atoms with E-state index < -0.39 is 0 Å². The van der Waals surface area contributed by atoms with Crippen LogP contribution in [0.15, 0.2) is 23.4 Å². The highest BCUT2D eigenvalue weighted by molar-refractivity contribution is 7.99. The summed E-state index contributed by atoms with van der Waals surface area (Å²) in [5.41, 5.74) is 2.01. The van der Waals surface area contributed by atoms with E-state index in [9.17, 15) is 0 Å². The van der Waals surface area contributed by atoms with Gasteiger partial charge in [0.05, 0.1) is 24.2 Å². The minimum atomic E-state index is 0.678. The van der Waals surface area contributed by atoms with Crippen molar-refractivity contribution in [2.45, 2.75) is 18.5 Å². The van der Waals surface area contributed by atoms with Gasteiger partial charge in [-0.2, -0.15) is 0 Å². The van der Waals surface area contributed by atoms with E-state index in [0.717, 1.165) is 53.8 Å². The summed E-state index contributed by atoms with van der Waals surface area (Å²) in [4.78, 5) is 7.91. The van der Waals surface area contributed by atoms with E-state index in [0.29, 0.717) is 6.61 Å². The summed E-state index contributed by atoms with van der Waals surface area (Å²) in [6.07, 6.45) is 1.11. The van der Waals surface area contributed by atoms with Crippen LogP contribution < -0.4 is 10.1 Å². The topological polar surface area (TPSA) is 59.2 Å². The van der Waals surface area contributed by atoms with Crippen LogP contribution in [0.5, 0.6) is 5.75 Å². The van der Waals surface area contributed by atoms with Crippen molar-refractivity contribution in [3.8, 4) is 5.75 Å². The Morgan fingerprint density at radius 1 is 1.33 bits per heavy atom. The number of ether oxygens (including phenoxy) is 2. The number of methoxy groups -OCH3 is 1. The van der Waals surface area contributed by atoms with E-state index in [2.05, 4.69) is 15.3 Å². The summed E-state index contributed by atoms with van der Waals surface area (Å²) in [7, 11) is 1.72. The Bertz CT molecular complexity index is 545. The first-order valence-electron chi connectivity index (χ1n) is 7.28. The van der Waals surface area contributed by atoms with Gasteiger partial charge in [-0.15, -0.1) is 0 Å². The van der Waals surface area contributed by atoms with Gasteiger partial charge < -0.3 is 19.8 Å². The lowest BCUT2D eigenvalue weighted by Crippen LogP contribution is -2.20. The maximum absolute atomic E-state index is 5.50. The van der Waals surface area contributed by atoms with Crippen molar-refractivity contribution in [3.63, 3.8) is 0 Å². The Kier molecular flexibility index (Phi) is 6.85. The zero-order valence-corrected chi connectivity index (χ0v) is 13.5. The van der Waals surface area contributed by atoms with Gasteiger partial charge in [-0.25, -0.2) is 4.98 Å². The van der Waals surface area contributed by atoms with Crippen LogP contribution in [0.2, 0.25) is 0 Å². The lowest BCUT2D eigenvalue weighted by atomic mass is 10.3. The summed E-state index contributed by atoms with van der Waals surface area (Å²) in [5.74, 6) is 1.92. The SMILES string of the molecule is CCOc1ccc2nc(SCCCNCCOC)[nH]c2c1. The average molecular weight is 309 g/mol. The fourth-order valence-electron chi connectivity index (χ4n) is 1.96. The molecule has 0 fully saturated rings. The van der Waals surface area contributed by atoms with Crippen molar-refractivity contribution < 1.29 is 9.47 Å². The average Bonchev–Trinajstić information content (AvgIpc) is 2.88. The summed E-state index contributed by atoms with van der Waals surface area (Å²) in [6, 6.07) is 5.95. The van der Waals surface area contributed by atoms with E-state index >= 15 is 0 Å². The second-order valence-corrected chi connectivity index (χ2v) is 5.68. The predicted octanol–water partition coefficient (Wildman–Crippen LogP) is 2.68. The molecule has 5 nitrogen and oxygen atoms in total. The molecule has 0 atom stereocenters. The van der Waals surface area contributed by atoms with Gasteiger partial charge in [0.25, 0.3) is 0 Å². The molecular formula is C15H23N3O2S. The first-order valence-corrected chi connectivity index (χ1v) is 8.27. The molecule has 0 aliphatic heterocycles. The monoisotopic (exact) mass is 309 g/mol. The molecule has 0 unspecified atom stereocenters. The predicted molar refractivity (Wildman–Crippen MR) is 87.3 cm³/mol. The minimum absolute atomic E-state index is 0.678. The van der Waals surface area contributed by atoms with Crippen LogP contribution >= 0.6 is 11.8 Å². The van der Waals surface area contributed by atoms with Crippen molar-refractivity contribution in [2.24, 2.45) is 0 Å². The zero-order chi connectivity index (χ0) is 14.9. The van der Waals surface area contributed by atoms with E-state index in [1.165, 1.54) is 0 Å². The molecule has 6 heteroatoms. The number of nitrogens with zero attached hydrogens (tertiary/aromatic N) is 1. The molecule has 0 spiro atoms. The van der Waals surface area contributed by atoms with Gasteiger partial charge in [-0.05, 0) is 32.0 Å². The first kappa shape index (κ1) is 16.1. The molecule has 0 saturated heterocycles. The van der Waals surface area contributed by atoms with Gasteiger partial charge >= 0.3 is 0 Å². The molecule has 0 radical (unpaired) electrons. The highest BCUT2D eigenvalue weighted by Gasteiger charge is 2.04. The number of aromatic amines is 1. The number of nitrogens with one attached hydrogen (secondary N) is 2. The molecule has 1 heterocycles. The molecule has 0 bridgehead atoms. The molecule has 21 heavy (non-hydrogen) atoms. The zero-order valence-electron chi connectivity index (χ0n) is 12.6. The fourth-order valence-corrected chi connectivity index (χ4v) is 2.78. The summed E-state index contributed by atoms with van der Waals surface area (Å²) in [6.45, 7) is 5.34. The number of fused-ring (bicyclic) bond motifs is 1. The smallest absolute Gasteiger partial charge is 0.166 e. The standard InChI is InChI=1S/C15H23N3O2S/c1-3-20-12-5-6-13-14(11-12)18-15(17-13)21-10-4-7-16-8-9-19-2/h5-6,11,16H,3-4,7-10H2,1-2H3,(H,17,18). The first-order chi connectivity index (χ1) is 10.3. The Morgan fingerprint density at radius 2 is 2.24 bits per heavy atom. The van der Waals surface area contributed by atoms with E-state index in [1.807, 2.05) is 25.1 Å². The third-order valence-corrected chi connectivity index (χ3v) is 3.92. The van der Waals surface area contributed by atoms with Crippen LogP contribution in [-0.4, -0.2) is 49.1 Å². The highest BCUT2D eigenvalue weighted by atomic mass is 32.2. The number of hydrogen-bond donors (Lipinski definition) is 2. The molecule has 2 N–H and O–H groups in total. The third kappa shape index (κ3) is 5.22. The largest absolute Gasteiger partial charge is 0.494 e. The third-order valence-electron chi connectivity index (χ3n) is 2.96. The molecule has 0 saturated carbocycles. The Labute approximate surface area is 129 Å². The highest BCUT2D eigenvalue weighted by Crippen LogP contribution is 2.23. The maximum atomic E-state index is 5.50. The quantitative estimate of drug-likeness (QED) is 0.522. The summed E-state index contributed by atoms with van der Waals surface area (Å²) in [5, 5.41) is 4.30. The van der Waals surface area contributed by atoms with Crippen molar-refractivity contribution >= 4 is 22.8 Å². The van der Waals surface area contributed by atoms with Gasteiger partial charge in [0.15, 0.2) is 5.16 Å². The maximum Gasteiger partial charge on any atom is 0.166 e. The number of imidazole rings is 1. The van der Waals surface area contributed by atoms with Gasteiger partial charge in [0.1, 0.15) is 5.75 Å². The number of aromatic nitrogens is 2. The van der Waals surface area contributed by atoms with Crippen LogP contribution in [0.1, 0.15) is 13.3 Å². The van der Waals surface area contributed by atoms with E-state index in [4.69, 9.17) is 9.47 Å². The van der Waals surface area contributed by atoms with Crippen molar-refractivity contribution in [3.05, 3.63) is 18.2 Å². The number of H-pyrrole nitrogens is 1. The molecule has 1 aromatic carbocycles. The summed E-state index contributed by atoms with van der Waals surface area (Å²) < 4.78 is 10.5. The van der Waals surface area contributed by atoms with Crippen LogP contribution in [0.25, 0.3) is 11.0 Å². The van der Waals surface area contributed by atoms with Crippen LogP contribution in [0, 0.1) is 0 Å². The molecule has 116 valence electrons. The van der Waals surface area contributed by atoms with Crippen LogP contribution in [0.3, 0.4) is 0 Å². The molecule has 1 aromatic heterocycles. The number of benzene rings is 1. The Balaban J connectivity index is 1.77. The van der Waals surface area contributed by atoms with Gasteiger partial charge in [-0.3, -0.25) is 0 Å². The fraction of sp³-hybridized carbons (Fsp3) is 0.533. The van der Waals surface area contributed by atoms with E-state index in [1.54, 1.807) is 18.9 Å². The van der Waals surface area contributed by atoms with Crippen molar-refractivity contribution in [2.75, 3.05) is 39.2 Å². The molecule has 0 amide bonds. The van der Waals surface area contributed by atoms with Crippen molar-refractivity contribution in [1.29, 1.82) is 0 Å². The van der Waals surface area contributed by atoms with Crippen LogP contribution in [-0.2, 0) is 4.74 Å². The molecule has 2 rings (SSSR count). The van der Waals surface area contributed by atoms with Gasteiger partial charge in [0, 0.05) is 25.5 Å². The van der Waals surface area contributed by atoms with Crippen molar-refractivity contribution in [1.82, 2.24) is 15.3 Å². The normalized spacial score (nSPS) is 11.1. The number of thioether (sulfide) groups is 1. The minimum Gasteiger partial charge on any atom is -0.494 e. The Morgan fingerprint density at radius 3 is 3.05 bits per heavy atom. The second kappa shape index (κ2) is 8.92. The van der Waals surface area contributed by atoms with Gasteiger partial charge in [0.2, 0.25) is 0 Å². The lowest BCUT2D eigenvalue weighted by molar-refractivity contribution is 0.199. The molecule has 0 aliphatic carbocycles. The molecule has 0 aliphatic rings. The molecular weight excluding hydrogens is 286 g/mol. The number of rotatable bonds is 10. The van der Waals surface area contributed by atoms with E-state index in [-0.39, 0.29) is 0 Å². The van der Waals surface area contributed by atoms with Crippen LogP contribution in [0.4, 0.5) is 0 Å². The molecule has 2 aromatic rings.